The number of aryl methyl sites for hydroxylation is 1. The van der Waals surface area contributed by atoms with Crippen LogP contribution in [0.3, 0.4) is 0 Å². The molecule has 6 rings (SSSR count). The number of fused-ring (bicyclic) bond motifs is 2. The van der Waals surface area contributed by atoms with Gasteiger partial charge in [-0.15, -0.1) is 0 Å². The second kappa shape index (κ2) is 12.4. The van der Waals surface area contributed by atoms with E-state index in [1.165, 1.54) is 21.2 Å². The highest BCUT2D eigenvalue weighted by Crippen LogP contribution is 2.36. The third kappa shape index (κ3) is 5.67. The number of likely N-dealkylation sites (N-methyl/N-ethyl adjacent to an activating group) is 1. The zero-order chi connectivity index (χ0) is 31.0. The molecule has 3 aromatic rings. The van der Waals surface area contributed by atoms with Crippen molar-refractivity contribution in [1.82, 2.24) is 19.8 Å². The summed E-state index contributed by atoms with van der Waals surface area (Å²) < 4.78 is 20.0. The number of amides is 1. The number of carbonyl (C=O) groups excluding carboxylic acids is 1. The summed E-state index contributed by atoms with van der Waals surface area (Å²) >= 11 is 0. The van der Waals surface area contributed by atoms with Crippen LogP contribution in [0.2, 0.25) is 0 Å². The van der Waals surface area contributed by atoms with Crippen LogP contribution in [0.25, 0.3) is 10.8 Å². The van der Waals surface area contributed by atoms with Crippen LogP contribution in [-0.2, 0) is 17.8 Å². The molecule has 0 saturated carbocycles. The van der Waals surface area contributed by atoms with Gasteiger partial charge in [-0.3, -0.25) is 9.69 Å². The zero-order valence-corrected chi connectivity index (χ0v) is 25.2. The van der Waals surface area contributed by atoms with Gasteiger partial charge in [-0.1, -0.05) is 36.9 Å². The summed E-state index contributed by atoms with van der Waals surface area (Å²) in [5, 5.41) is 22.1. The van der Waals surface area contributed by atoms with Crippen molar-refractivity contribution in [2.75, 3.05) is 49.6 Å². The first-order valence-corrected chi connectivity index (χ1v) is 15.2. The molecule has 44 heavy (non-hydrogen) atoms. The van der Waals surface area contributed by atoms with E-state index in [1.54, 1.807) is 0 Å². The van der Waals surface area contributed by atoms with Gasteiger partial charge in [-0.2, -0.15) is 15.2 Å². The molecule has 0 radical (unpaired) electrons. The van der Waals surface area contributed by atoms with E-state index >= 15 is 0 Å². The first kappa shape index (κ1) is 29.8. The number of benzene rings is 2. The van der Waals surface area contributed by atoms with E-state index in [4.69, 9.17) is 14.7 Å². The van der Waals surface area contributed by atoms with Crippen molar-refractivity contribution in [2.45, 2.75) is 57.5 Å². The topological polar surface area (TPSA) is 109 Å². The molecule has 11 heteroatoms. The van der Waals surface area contributed by atoms with Crippen molar-refractivity contribution in [3.05, 3.63) is 65.6 Å². The second-order valence-corrected chi connectivity index (χ2v) is 11.9. The number of carbonyl (C=O) groups is 1. The first-order chi connectivity index (χ1) is 21.2. The van der Waals surface area contributed by atoms with Crippen LogP contribution < -0.4 is 14.5 Å². The summed E-state index contributed by atoms with van der Waals surface area (Å²) in [4.78, 5) is 30.0. The van der Waals surface area contributed by atoms with Crippen molar-refractivity contribution < 1.29 is 19.0 Å². The summed E-state index contributed by atoms with van der Waals surface area (Å²) in [7, 11) is 1.89. The van der Waals surface area contributed by atoms with Gasteiger partial charge in [0.2, 0.25) is 0 Å². The maximum Gasteiger partial charge on any atom is 0.318 e. The van der Waals surface area contributed by atoms with Crippen molar-refractivity contribution >= 4 is 28.2 Å². The molecule has 4 heterocycles. The SMILES string of the molecule is C=C(F)C(=O)N1CCN(c2nc(OC[C@@H]3CCC(O)N3C)nc3c2CCN(c2cccc4cccc(C)c24)C3)C[C@@H]1CC#N. The predicted octanol–water partition coefficient (Wildman–Crippen LogP) is 3.71. The Kier molecular flexibility index (Phi) is 8.38. The fourth-order valence-corrected chi connectivity index (χ4v) is 6.80. The molecule has 2 saturated heterocycles. The molecule has 3 aliphatic heterocycles. The molecule has 1 aromatic heterocycles. The van der Waals surface area contributed by atoms with Gasteiger partial charge in [0.25, 0.3) is 5.91 Å². The molecule has 1 amide bonds. The third-order valence-electron chi connectivity index (χ3n) is 9.27. The molecule has 0 spiro atoms. The Bertz CT molecular complexity index is 1620. The second-order valence-electron chi connectivity index (χ2n) is 11.9. The van der Waals surface area contributed by atoms with Crippen LogP contribution in [0.5, 0.6) is 6.01 Å². The van der Waals surface area contributed by atoms with Crippen LogP contribution in [0, 0.1) is 18.3 Å². The minimum absolute atomic E-state index is 0.0478. The van der Waals surface area contributed by atoms with E-state index in [9.17, 15) is 19.6 Å². The third-order valence-corrected chi connectivity index (χ3v) is 9.27. The number of halogens is 1. The number of rotatable bonds is 7. The first-order valence-electron chi connectivity index (χ1n) is 15.2. The average Bonchev–Trinajstić information content (AvgIpc) is 3.35. The molecule has 230 valence electrons. The lowest BCUT2D eigenvalue weighted by molar-refractivity contribution is -0.131. The summed E-state index contributed by atoms with van der Waals surface area (Å²) in [5.41, 5.74) is 4.26. The highest BCUT2D eigenvalue weighted by Gasteiger charge is 2.35. The number of anilines is 2. The Hall–Kier alpha value is -4.27. The summed E-state index contributed by atoms with van der Waals surface area (Å²) in [6, 6.07) is 14.7. The number of nitriles is 1. The Labute approximate surface area is 257 Å². The number of aliphatic hydroxyl groups is 1. The van der Waals surface area contributed by atoms with Crippen LogP contribution in [0.4, 0.5) is 15.9 Å². The number of hydrogen-bond acceptors (Lipinski definition) is 9. The number of piperazine rings is 1. The number of aliphatic hydroxyl groups excluding tert-OH is 1. The summed E-state index contributed by atoms with van der Waals surface area (Å²) in [5.74, 6) is -1.07. The van der Waals surface area contributed by atoms with E-state index < -0.39 is 24.0 Å². The fourth-order valence-electron chi connectivity index (χ4n) is 6.80. The number of nitrogens with zero attached hydrogens (tertiary/aromatic N) is 7. The molecule has 0 aliphatic carbocycles. The largest absolute Gasteiger partial charge is 0.462 e. The summed E-state index contributed by atoms with van der Waals surface area (Å²) in [6.45, 7) is 7.99. The van der Waals surface area contributed by atoms with Gasteiger partial charge in [-0.05, 0) is 50.2 Å². The quantitative estimate of drug-likeness (QED) is 0.407. The normalized spacial score (nSPS) is 22.2. The number of aromatic nitrogens is 2. The lowest BCUT2D eigenvalue weighted by Crippen LogP contribution is -2.55. The van der Waals surface area contributed by atoms with Crippen LogP contribution in [0.1, 0.15) is 36.1 Å². The molecule has 10 nitrogen and oxygen atoms in total. The predicted molar refractivity (Wildman–Crippen MR) is 166 cm³/mol. The molecule has 3 atom stereocenters. The number of hydrogen-bond donors (Lipinski definition) is 1. The highest BCUT2D eigenvalue weighted by molar-refractivity contribution is 5.97. The van der Waals surface area contributed by atoms with Crippen molar-refractivity contribution in [3.8, 4) is 12.1 Å². The van der Waals surface area contributed by atoms with Gasteiger partial charge in [-0.25, -0.2) is 4.39 Å². The number of ether oxygens (including phenoxy) is 1. The molecule has 1 N–H and O–H groups in total. The lowest BCUT2D eigenvalue weighted by Gasteiger charge is -2.42. The maximum absolute atomic E-state index is 13.8. The fraction of sp³-hybridized carbons (Fsp3) is 0.455. The average molecular weight is 600 g/mol. The standard InChI is InChI=1S/C33H38FN7O3/c1-21-6-4-7-23-8-5-9-28(30(21)23)39-15-13-26-27(19-39)36-33(44-20-25-10-11-29(42)38(25)3)37-31(26)40-16-17-41(32(43)22(2)34)24(18-40)12-14-35/h4-9,24-25,29,42H,2,10-13,15-20H2,1,3H3/t24-,25-,29?/m0/s1. The van der Waals surface area contributed by atoms with Gasteiger partial charge in [0.05, 0.1) is 30.8 Å². The van der Waals surface area contributed by atoms with E-state index in [-0.39, 0.29) is 25.0 Å². The minimum atomic E-state index is -1.03. The van der Waals surface area contributed by atoms with Gasteiger partial charge in [0, 0.05) is 48.9 Å². The maximum atomic E-state index is 13.8. The van der Waals surface area contributed by atoms with Gasteiger partial charge >= 0.3 is 6.01 Å². The molecule has 1 unspecified atom stereocenters. The smallest absolute Gasteiger partial charge is 0.318 e. The minimum Gasteiger partial charge on any atom is -0.462 e. The van der Waals surface area contributed by atoms with E-state index in [2.05, 4.69) is 65.8 Å². The van der Waals surface area contributed by atoms with E-state index in [0.717, 1.165) is 35.7 Å². The van der Waals surface area contributed by atoms with Crippen LogP contribution >= 0.6 is 0 Å². The Balaban J connectivity index is 1.34. The summed E-state index contributed by atoms with van der Waals surface area (Å²) in [6.07, 6.45) is 1.78. The monoisotopic (exact) mass is 599 g/mol. The molecule has 0 bridgehead atoms. The van der Waals surface area contributed by atoms with E-state index in [1.807, 2.05) is 11.9 Å². The Morgan fingerprint density at radius 2 is 1.93 bits per heavy atom. The van der Waals surface area contributed by atoms with Crippen molar-refractivity contribution in [1.29, 1.82) is 5.26 Å². The van der Waals surface area contributed by atoms with Crippen LogP contribution in [0.15, 0.2) is 48.8 Å². The molecule has 2 fully saturated rings. The molecule has 2 aromatic carbocycles. The van der Waals surface area contributed by atoms with Gasteiger partial charge < -0.3 is 24.5 Å². The van der Waals surface area contributed by atoms with Crippen molar-refractivity contribution in [2.24, 2.45) is 0 Å². The molecular weight excluding hydrogens is 561 g/mol. The lowest BCUT2D eigenvalue weighted by atomic mass is 9.99. The van der Waals surface area contributed by atoms with Crippen molar-refractivity contribution in [3.63, 3.8) is 0 Å². The Morgan fingerprint density at radius 3 is 2.66 bits per heavy atom. The van der Waals surface area contributed by atoms with Gasteiger partial charge in [0.15, 0.2) is 5.83 Å². The number of likely N-dealkylation sites (tertiary alicyclic amines) is 1. The van der Waals surface area contributed by atoms with E-state index in [0.29, 0.717) is 39.1 Å². The Morgan fingerprint density at radius 1 is 1.14 bits per heavy atom. The molecular formula is C33H38FN7O3. The highest BCUT2D eigenvalue weighted by atomic mass is 19.1. The van der Waals surface area contributed by atoms with Crippen LogP contribution in [-0.4, -0.2) is 88.9 Å². The molecule has 3 aliphatic rings. The zero-order valence-electron chi connectivity index (χ0n) is 25.2. The van der Waals surface area contributed by atoms with Gasteiger partial charge in [0.1, 0.15) is 18.7 Å².